The molecule has 2 heterocycles. The van der Waals surface area contributed by atoms with Crippen molar-refractivity contribution < 1.29 is 9.32 Å². The van der Waals surface area contributed by atoms with Gasteiger partial charge < -0.3 is 14.3 Å². The van der Waals surface area contributed by atoms with Gasteiger partial charge in [0.1, 0.15) is 0 Å². The topological polar surface area (TPSA) is 62.5 Å². The Kier molecular flexibility index (Phi) is 5.76. The molecule has 2 fully saturated rings. The van der Waals surface area contributed by atoms with Gasteiger partial charge in [-0.1, -0.05) is 39.6 Å². The van der Waals surface area contributed by atoms with Crippen LogP contribution in [0.1, 0.15) is 36.6 Å². The van der Waals surface area contributed by atoms with E-state index in [1.54, 1.807) is 0 Å². The van der Waals surface area contributed by atoms with Gasteiger partial charge in [0.05, 0.1) is 6.42 Å². The lowest BCUT2D eigenvalue weighted by molar-refractivity contribution is -0.130. The SMILES string of the molecule is O=C(Cc1ccc(Br)cc1)N1CCN(c2ccc(-c3noc(C4CCC4)n3)cc2)CC1. The molecule has 1 amide bonds. The van der Waals surface area contributed by atoms with Crippen molar-refractivity contribution in [3.8, 4) is 11.4 Å². The van der Waals surface area contributed by atoms with Crippen LogP contribution in [0.3, 0.4) is 0 Å². The van der Waals surface area contributed by atoms with Gasteiger partial charge in [0, 0.05) is 47.8 Å². The number of halogens is 1. The zero-order chi connectivity index (χ0) is 21.2. The summed E-state index contributed by atoms with van der Waals surface area (Å²) in [6, 6.07) is 16.3. The fraction of sp³-hybridized carbons (Fsp3) is 0.375. The predicted molar refractivity (Wildman–Crippen MR) is 123 cm³/mol. The van der Waals surface area contributed by atoms with Crippen molar-refractivity contribution in [2.24, 2.45) is 0 Å². The van der Waals surface area contributed by atoms with E-state index in [2.05, 4.69) is 55.2 Å². The lowest BCUT2D eigenvalue weighted by Gasteiger charge is -2.36. The highest BCUT2D eigenvalue weighted by Crippen LogP contribution is 2.36. The number of benzene rings is 2. The second-order valence-electron chi connectivity index (χ2n) is 8.30. The summed E-state index contributed by atoms with van der Waals surface area (Å²) in [7, 11) is 0. The fourth-order valence-corrected chi connectivity index (χ4v) is 4.36. The number of anilines is 1. The summed E-state index contributed by atoms with van der Waals surface area (Å²) in [6.07, 6.45) is 4.01. The van der Waals surface area contributed by atoms with Gasteiger partial charge >= 0.3 is 0 Å². The third-order valence-electron chi connectivity index (χ3n) is 6.29. The zero-order valence-corrected chi connectivity index (χ0v) is 18.9. The molecule has 3 aromatic rings. The van der Waals surface area contributed by atoms with Crippen molar-refractivity contribution in [2.75, 3.05) is 31.1 Å². The van der Waals surface area contributed by atoms with Gasteiger partial charge in [-0.3, -0.25) is 4.79 Å². The number of hydrogen-bond acceptors (Lipinski definition) is 5. The second kappa shape index (κ2) is 8.83. The maximum Gasteiger partial charge on any atom is 0.230 e. The summed E-state index contributed by atoms with van der Waals surface area (Å²) in [5.74, 6) is 2.08. The minimum atomic E-state index is 0.191. The Balaban J connectivity index is 1.16. The average Bonchev–Trinajstić information content (AvgIpc) is 3.24. The Morgan fingerprint density at radius 1 is 1.00 bits per heavy atom. The third-order valence-corrected chi connectivity index (χ3v) is 6.82. The first-order valence-electron chi connectivity index (χ1n) is 10.9. The van der Waals surface area contributed by atoms with Gasteiger partial charge in [0.2, 0.25) is 17.6 Å². The number of carbonyl (C=O) groups excluding carboxylic acids is 1. The smallest absolute Gasteiger partial charge is 0.230 e. The van der Waals surface area contributed by atoms with E-state index in [1.807, 2.05) is 29.2 Å². The number of piperazine rings is 1. The van der Waals surface area contributed by atoms with Gasteiger partial charge in [-0.05, 0) is 54.8 Å². The molecule has 5 rings (SSSR count). The van der Waals surface area contributed by atoms with Crippen LogP contribution in [0.4, 0.5) is 5.69 Å². The van der Waals surface area contributed by atoms with Crippen LogP contribution in [-0.4, -0.2) is 47.1 Å². The van der Waals surface area contributed by atoms with Crippen LogP contribution in [0.5, 0.6) is 0 Å². The quantitative estimate of drug-likeness (QED) is 0.531. The van der Waals surface area contributed by atoms with Crippen molar-refractivity contribution in [1.82, 2.24) is 15.0 Å². The molecule has 6 nitrogen and oxygen atoms in total. The highest BCUT2D eigenvalue weighted by Gasteiger charge is 2.26. The molecule has 0 N–H and O–H groups in total. The minimum Gasteiger partial charge on any atom is -0.368 e. The standard InChI is InChI=1S/C24H25BrN4O2/c25-20-8-4-17(5-9-20)16-22(30)29-14-12-28(13-15-29)21-10-6-18(7-11-21)23-26-24(31-27-23)19-2-1-3-19/h4-11,19H,1-3,12-16H2. The Bertz CT molecular complexity index is 1040. The number of amides is 1. The molecule has 160 valence electrons. The van der Waals surface area contributed by atoms with E-state index in [1.165, 1.54) is 6.42 Å². The molecule has 0 radical (unpaired) electrons. The van der Waals surface area contributed by atoms with Crippen LogP contribution < -0.4 is 4.90 Å². The van der Waals surface area contributed by atoms with Crippen molar-refractivity contribution in [3.05, 3.63) is 64.5 Å². The summed E-state index contributed by atoms with van der Waals surface area (Å²) in [4.78, 5) is 21.5. The maximum absolute atomic E-state index is 12.6. The highest BCUT2D eigenvalue weighted by molar-refractivity contribution is 9.10. The van der Waals surface area contributed by atoms with Crippen LogP contribution >= 0.6 is 15.9 Å². The van der Waals surface area contributed by atoms with Gasteiger partial charge in [0.25, 0.3) is 0 Å². The minimum absolute atomic E-state index is 0.191. The monoisotopic (exact) mass is 480 g/mol. The second-order valence-corrected chi connectivity index (χ2v) is 9.22. The van der Waals surface area contributed by atoms with E-state index >= 15 is 0 Å². The van der Waals surface area contributed by atoms with Crippen molar-refractivity contribution in [1.29, 1.82) is 0 Å². The summed E-state index contributed by atoms with van der Waals surface area (Å²) in [6.45, 7) is 3.15. The van der Waals surface area contributed by atoms with Crippen LogP contribution in [0.15, 0.2) is 57.5 Å². The molecule has 2 aliphatic rings. The van der Waals surface area contributed by atoms with Crippen LogP contribution in [0, 0.1) is 0 Å². The molecule has 1 saturated heterocycles. The lowest BCUT2D eigenvalue weighted by Crippen LogP contribution is -2.49. The molecule has 0 bridgehead atoms. The summed E-state index contributed by atoms with van der Waals surface area (Å²) < 4.78 is 6.47. The van der Waals surface area contributed by atoms with Crippen molar-refractivity contribution in [3.63, 3.8) is 0 Å². The third kappa shape index (κ3) is 4.51. The first-order valence-corrected chi connectivity index (χ1v) is 11.7. The van der Waals surface area contributed by atoms with E-state index < -0.39 is 0 Å². The summed E-state index contributed by atoms with van der Waals surface area (Å²) in [5, 5.41) is 4.15. The summed E-state index contributed by atoms with van der Waals surface area (Å²) in [5.41, 5.74) is 3.18. The maximum atomic E-state index is 12.6. The number of nitrogens with zero attached hydrogens (tertiary/aromatic N) is 4. The molecule has 0 spiro atoms. The molecule has 7 heteroatoms. The van der Waals surface area contributed by atoms with Crippen LogP contribution in [0.25, 0.3) is 11.4 Å². The Morgan fingerprint density at radius 2 is 1.71 bits per heavy atom. The fourth-order valence-electron chi connectivity index (χ4n) is 4.10. The molecule has 2 aromatic carbocycles. The molecule has 1 aliphatic heterocycles. The number of hydrogen-bond donors (Lipinski definition) is 0. The first-order chi connectivity index (χ1) is 15.2. The van der Waals surface area contributed by atoms with Gasteiger partial charge in [-0.15, -0.1) is 0 Å². The molecule has 0 atom stereocenters. The van der Waals surface area contributed by atoms with E-state index in [0.717, 1.165) is 66.2 Å². The van der Waals surface area contributed by atoms with Gasteiger partial charge in [0.15, 0.2) is 0 Å². The molecule has 1 aromatic heterocycles. The molecule has 0 unspecified atom stereocenters. The highest BCUT2D eigenvalue weighted by atomic mass is 79.9. The molecule has 31 heavy (non-hydrogen) atoms. The Hall–Kier alpha value is -2.67. The molecular weight excluding hydrogens is 456 g/mol. The van der Waals surface area contributed by atoms with Gasteiger partial charge in [-0.2, -0.15) is 4.98 Å². The Labute approximate surface area is 190 Å². The largest absolute Gasteiger partial charge is 0.368 e. The normalized spacial score (nSPS) is 16.9. The van der Waals surface area contributed by atoms with Crippen LogP contribution in [-0.2, 0) is 11.2 Å². The van der Waals surface area contributed by atoms with Gasteiger partial charge in [-0.25, -0.2) is 0 Å². The number of carbonyl (C=O) groups is 1. The number of rotatable bonds is 5. The van der Waals surface area contributed by atoms with E-state index in [-0.39, 0.29) is 5.91 Å². The molecule has 1 aliphatic carbocycles. The molecular formula is C24H25BrN4O2. The van der Waals surface area contributed by atoms with E-state index in [9.17, 15) is 4.79 Å². The van der Waals surface area contributed by atoms with Crippen molar-refractivity contribution >= 4 is 27.5 Å². The van der Waals surface area contributed by atoms with E-state index in [4.69, 9.17) is 4.52 Å². The first kappa shape index (κ1) is 20.2. The van der Waals surface area contributed by atoms with Crippen molar-refractivity contribution in [2.45, 2.75) is 31.6 Å². The molecule has 1 saturated carbocycles. The predicted octanol–water partition coefficient (Wildman–Crippen LogP) is 4.66. The van der Waals surface area contributed by atoms with E-state index in [0.29, 0.717) is 18.2 Å². The average molecular weight is 481 g/mol. The summed E-state index contributed by atoms with van der Waals surface area (Å²) >= 11 is 3.43. The Morgan fingerprint density at radius 3 is 2.35 bits per heavy atom. The van der Waals surface area contributed by atoms with Crippen LogP contribution in [0.2, 0.25) is 0 Å². The lowest BCUT2D eigenvalue weighted by atomic mass is 9.85. The zero-order valence-electron chi connectivity index (χ0n) is 17.3. The number of aromatic nitrogens is 2.